The van der Waals surface area contributed by atoms with Crippen LogP contribution in [0.2, 0.25) is 0 Å². The van der Waals surface area contributed by atoms with Crippen LogP contribution in [0.1, 0.15) is 54.6 Å². The van der Waals surface area contributed by atoms with Crippen LogP contribution in [0.3, 0.4) is 0 Å². The van der Waals surface area contributed by atoms with Crippen molar-refractivity contribution < 1.29 is 0 Å². The number of nitrogens with one attached hydrogen (secondary N) is 1. The van der Waals surface area contributed by atoms with Gasteiger partial charge >= 0.3 is 0 Å². The van der Waals surface area contributed by atoms with Gasteiger partial charge in [-0.1, -0.05) is 25.3 Å². The largest absolute Gasteiger partial charge is 0.309 e. The first kappa shape index (κ1) is 16.1. The zero-order valence-electron chi connectivity index (χ0n) is 12.0. The van der Waals surface area contributed by atoms with Crippen molar-refractivity contribution in [3.8, 4) is 0 Å². The van der Waals surface area contributed by atoms with E-state index in [-0.39, 0.29) is 0 Å². The van der Waals surface area contributed by atoms with Crippen LogP contribution in [-0.2, 0) is 6.42 Å². The zero-order valence-corrected chi connectivity index (χ0v) is 15.2. The molecule has 0 aliphatic carbocycles. The standard InChI is InChI=1S/C14H20BrN3S2/c1-4-5-16-12(7-11-6-10(15)8-19-11)14-13(9(2)3)17-18-20-14/h6,8-9,12,16H,4-5,7H2,1-3H3. The summed E-state index contributed by atoms with van der Waals surface area (Å²) in [5, 5.41) is 10.1. The van der Waals surface area contributed by atoms with Gasteiger partial charge in [0.25, 0.3) is 0 Å². The van der Waals surface area contributed by atoms with Crippen molar-refractivity contribution in [3.05, 3.63) is 31.4 Å². The first-order chi connectivity index (χ1) is 9.61. The maximum absolute atomic E-state index is 4.31. The summed E-state index contributed by atoms with van der Waals surface area (Å²) in [6.07, 6.45) is 2.13. The molecule has 0 aliphatic heterocycles. The molecule has 0 saturated carbocycles. The third-order valence-electron chi connectivity index (χ3n) is 3.07. The van der Waals surface area contributed by atoms with Crippen LogP contribution in [-0.4, -0.2) is 16.1 Å². The summed E-state index contributed by atoms with van der Waals surface area (Å²) in [6.45, 7) is 7.57. The molecule has 0 spiro atoms. The summed E-state index contributed by atoms with van der Waals surface area (Å²) in [7, 11) is 0. The van der Waals surface area contributed by atoms with Gasteiger partial charge in [0.2, 0.25) is 0 Å². The molecule has 2 aromatic rings. The van der Waals surface area contributed by atoms with Crippen LogP contribution in [0.4, 0.5) is 0 Å². The van der Waals surface area contributed by atoms with Crippen LogP contribution < -0.4 is 5.32 Å². The summed E-state index contributed by atoms with van der Waals surface area (Å²) in [5.41, 5.74) is 1.14. The minimum Gasteiger partial charge on any atom is -0.309 e. The zero-order chi connectivity index (χ0) is 14.5. The van der Waals surface area contributed by atoms with E-state index in [2.05, 4.69) is 63.1 Å². The van der Waals surface area contributed by atoms with Gasteiger partial charge in [-0.25, -0.2) is 0 Å². The molecular formula is C14H20BrN3S2. The summed E-state index contributed by atoms with van der Waals surface area (Å²) >= 11 is 6.86. The molecule has 6 heteroatoms. The number of thiophene rings is 1. The van der Waals surface area contributed by atoms with E-state index in [1.165, 1.54) is 25.8 Å². The molecule has 1 N–H and O–H groups in total. The van der Waals surface area contributed by atoms with E-state index in [0.717, 1.165) is 25.1 Å². The molecule has 0 aromatic carbocycles. The molecule has 20 heavy (non-hydrogen) atoms. The van der Waals surface area contributed by atoms with E-state index in [1.807, 2.05) is 0 Å². The highest BCUT2D eigenvalue weighted by atomic mass is 79.9. The Kier molecular flexibility index (Phi) is 6.14. The predicted octanol–water partition coefficient (Wildman–Crippen LogP) is 4.77. The summed E-state index contributed by atoms with van der Waals surface area (Å²) in [6, 6.07) is 2.52. The van der Waals surface area contributed by atoms with E-state index >= 15 is 0 Å². The second-order valence-electron chi connectivity index (χ2n) is 5.12. The minimum absolute atomic E-state index is 0.317. The molecule has 2 aromatic heterocycles. The minimum atomic E-state index is 0.317. The van der Waals surface area contributed by atoms with Crippen LogP contribution in [0.5, 0.6) is 0 Å². The maximum atomic E-state index is 4.31. The number of halogens is 1. The molecule has 1 atom stereocenters. The number of rotatable bonds is 7. The first-order valence-electron chi connectivity index (χ1n) is 6.90. The number of hydrogen-bond donors (Lipinski definition) is 1. The average Bonchev–Trinajstić information content (AvgIpc) is 3.03. The normalized spacial score (nSPS) is 13.1. The molecule has 2 heterocycles. The molecule has 0 saturated heterocycles. The van der Waals surface area contributed by atoms with Crippen LogP contribution in [0.15, 0.2) is 15.9 Å². The van der Waals surface area contributed by atoms with Gasteiger partial charge in [0, 0.05) is 27.2 Å². The van der Waals surface area contributed by atoms with Gasteiger partial charge in [0.15, 0.2) is 0 Å². The van der Waals surface area contributed by atoms with Crippen molar-refractivity contribution in [1.82, 2.24) is 14.9 Å². The topological polar surface area (TPSA) is 37.8 Å². The fourth-order valence-electron chi connectivity index (χ4n) is 2.08. The SMILES string of the molecule is CCCNC(Cc1cc(Br)cs1)c1snnc1C(C)C. The van der Waals surface area contributed by atoms with E-state index in [9.17, 15) is 0 Å². The molecule has 110 valence electrons. The highest BCUT2D eigenvalue weighted by Gasteiger charge is 2.21. The predicted molar refractivity (Wildman–Crippen MR) is 90.8 cm³/mol. The molecule has 0 aliphatic rings. The van der Waals surface area contributed by atoms with Crippen molar-refractivity contribution in [2.24, 2.45) is 0 Å². The summed E-state index contributed by atoms with van der Waals surface area (Å²) in [5.74, 6) is 0.421. The summed E-state index contributed by atoms with van der Waals surface area (Å²) < 4.78 is 5.33. The van der Waals surface area contributed by atoms with Crippen molar-refractivity contribution in [3.63, 3.8) is 0 Å². The first-order valence-corrected chi connectivity index (χ1v) is 9.34. The Hall–Kier alpha value is -0.300. The molecule has 0 bridgehead atoms. The molecule has 2 rings (SSSR count). The van der Waals surface area contributed by atoms with Crippen LogP contribution in [0, 0.1) is 0 Å². The lowest BCUT2D eigenvalue weighted by Gasteiger charge is -2.18. The Morgan fingerprint density at radius 2 is 2.20 bits per heavy atom. The lowest BCUT2D eigenvalue weighted by atomic mass is 10.0. The van der Waals surface area contributed by atoms with Crippen molar-refractivity contribution in [2.75, 3.05) is 6.54 Å². The molecule has 0 fully saturated rings. The third kappa shape index (κ3) is 4.10. The molecule has 0 radical (unpaired) electrons. The van der Waals surface area contributed by atoms with Crippen molar-refractivity contribution >= 4 is 38.8 Å². The smallest absolute Gasteiger partial charge is 0.0829 e. The highest BCUT2D eigenvalue weighted by Crippen LogP contribution is 2.31. The Morgan fingerprint density at radius 1 is 1.40 bits per heavy atom. The van der Waals surface area contributed by atoms with E-state index in [1.54, 1.807) is 11.3 Å². The number of aromatic nitrogens is 2. The lowest BCUT2D eigenvalue weighted by molar-refractivity contribution is 0.532. The third-order valence-corrected chi connectivity index (χ3v) is 5.64. The van der Waals surface area contributed by atoms with E-state index in [0.29, 0.717) is 12.0 Å². The van der Waals surface area contributed by atoms with Crippen molar-refractivity contribution in [1.29, 1.82) is 0 Å². The lowest BCUT2D eigenvalue weighted by Crippen LogP contribution is -2.24. The Labute approximate surface area is 137 Å². The van der Waals surface area contributed by atoms with Gasteiger partial charge in [0.05, 0.1) is 10.6 Å². The van der Waals surface area contributed by atoms with Crippen molar-refractivity contribution in [2.45, 2.75) is 45.6 Å². The second kappa shape index (κ2) is 7.64. The molecule has 3 nitrogen and oxygen atoms in total. The molecule has 1 unspecified atom stereocenters. The quantitative estimate of drug-likeness (QED) is 0.759. The fourth-order valence-corrected chi connectivity index (χ4v) is 4.46. The van der Waals surface area contributed by atoms with Gasteiger partial charge in [0.1, 0.15) is 0 Å². The van der Waals surface area contributed by atoms with Gasteiger partial charge in [-0.15, -0.1) is 16.4 Å². The van der Waals surface area contributed by atoms with Gasteiger partial charge in [-0.2, -0.15) is 0 Å². The van der Waals surface area contributed by atoms with Gasteiger partial charge in [-0.3, -0.25) is 0 Å². The van der Waals surface area contributed by atoms with E-state index in [4.69, 9.17) is 0 Å². The molecule has 0 amide bonds. The average molecular weight is 374 g/mol. The second-order valence-corrected chi connectivity index (χ2v) is 7.82. The van der Waals surface area contributed by atoms with Crippen LogP contribution in [0.25, 0.3) is 0 Å². The Bertz CT molecular complexity index is 536. The number of nitrogens with zero attached hydrogens (tertiary/aromatic N) is 2. The molecular weight excluding hydrogens is 354 g/mol. The number of hydrogen-bond acceptors (Lipinski definition) is 5. The monoisotopic (exact) mass is 373 g/mol. The fraction of sp³-hybridized carbons (Fsp3) is 0.571. The summed E-state index contributed by atoms with van der Waals surface area (Å²) in [4.78, 5) is 2.67. The van der Waals surface area contributed by atoms with Gasteiger partial charge in [-0.05, 0) is 52.4 Å². The Morgan fingerprint density at radius 3 is 2.80 bits per heavy atom. The van der Waals surface area contributed by atoms with Gasteiger partial charge < -0.3 is 5.32 Å². The van der Waals surface area contributed by atoms with Crippen LogP contribution >= 0.6 is 38.8 Å². The Balaban J connectivity index is 2.20. The van der Waals surface area contributed by atoms with E-state index < -0.39 is 0 Å². The highest BCUT2D eigenvalue weighted by molar-refractivity contribution is 9.10. The maximum Gasteiger partial charge on any atom is 0.0829 e.